The van der Waals surface area contributed by atoms with Gasteiger partial charge in [-0.15, -0.1) is 0 Å². The van der Waals surface area contributed by atoms with Crippen LogP contribution in [-0.2, 0) is 14.3 Å². The third kappa shape index (κ3) is 4.12. The lowest BCUT2D eigenvalue weighted by atomic mass is 10.3. The molecule has 130 valence electrons. The van der Waals surface area contributed by atoms with Gasteiger partial charge in [-0.05, 0) is 18.6 Å². The molecule has 0 atom stereocenters. The van der Waals surface area contributed by atoms with E-state index >= 15 is 0 Å². The lowest BCUT2D eigenvalue weighted by Crippen LogP contribution is -2.42. The van der Waals surface area contributed by atoms with Gasteiger partial charge < -0.3 is 24.6 Å². The summed E-state index contributed by atoms with van der Waals surface area (Å²) in [5, 5.41) is 2.50. The van der Waals surface area contributed by atoms with E-state index in [2.05, 4.69) is 15.0 Å². The van der Waals surface area contributed by atoms with E-state index in [1.807, 2.05) is 0 Å². The van der Waals surface area contributed by atoms with E-state index in [1.165, 1.54) is 30.2 Å². The van der Waals surface area contributed by atoms with E-state index in [1.54, 1.807) is 12.1 Å². The number of methoxy groups -OCH3 is 2. The number of hydrogen-bond acceptors (Lipinski definition) is 6. The van der Waals surface area contributed by atoms with Crippen molar-refractivity contribution in [2.75, 3.05) is 45.7 Å². The lowest BCUT2D eigenvalue weighted by molar-refractivity contribution is -0.143. The van der Waals surface area contributed by atoms with Gasteiger partial charge in [-0.2, -0.15) is 0 Å². The van der Waals surface area contributed by atoms with Crippen molar-refractivity contribution in [2.24, 2.45) is 0 Å². The highest BCUT2D eigenvalue weighted by atomic mass is 16.5. The van der Waals surface area contributed by atoms with Crippen LogP contribution in [0, 0.1) is 0 Å². The van der Waals surface area contributed by atoms with Crippen LogP contribution in [0.2, 0.25) is 0 Å². The van der Waals surface area contributed by atoms with Crippen molar-refractivity contribution in [1.29, 1.82) is 0 Å². The normalized spacial score (nSPS) is 14.6. The highest BCUT2D eigenvalue weighted by Crippen LogP contribution is 2.19. The van der Waals surface area contributed by atoms with Gasteiger partial charge in [-0.3, -0.25) is 9.59 Å². The lowest BCUT2D eigenvalue weighted by Gasteiger charge is -2.21. The zero-order valence-corrected chi connectivity index (χ0v) is 13.7. The molecule has 1 N–H and O–H groups in total. The van der Waals surface area contributed by atoms with Crippen molar-refractivity contribution >= 4 is 23.6 Å². The first-order valence-corrected chi connectivity index (χ1v) is 7.49. The van der Waals surface area contributed by atoms with Crippen molar-refractivity contribution in [3.05, 3.63) is 18.3 Å². The van der Waals surface area contributed by atoms with E-state index in [0.29, 0.717) is 31.7 Å². The minimum Gasteiger partial charge on any atom is -0.480 e. The van der Waals surface area contributed by atoms with Gasteiger partial charge in [0.25, 0.3) is 0 Å². The van der Waals surface area contributed by atoms with Crippen LogP contribution in [0.1, 0.15) is 6.42 Å². The number of nitrogens with zero attached hydrogens (tertiary/aromatic N) is 3. The Labute approximate surface area is 139 Å². The summed E-state index contributed by atoms with van der Waals surface area (Å²) >= 11 is 0. The van der Waals surface area contributed by atoms with E-state index in [0.717, 1.165) is 0 Å². The second-order valence-corrected chi connectivity index (χ2v) is 5.12. The van der Waals surface area contributed by atoms with Gasteiger partial charge in [0, 0.05) is 32.4 Å². The van der Waals surface area contributed by atoms with Crippen molar-refractivity contribution in [1.82, 2.24) is 14.8 Å². The van der Waals surface area contributed by atoms with Crippen molar-refractivity contribution < 1.29 is 23.9 Å². The molecule has 1 aromatic heterocycles. The molecule has 1 aromatic rings. The number of carbonyl (C=O) groups excluding carboxylic acids is 3. The fourth-order valence-corrected chi connectivity index (χ4v) is 2.40. The number of nitrogens with one attached hydrogen (secondary N) is 1. The monoisotopic (exact) mass is 336 g/mol. The van der Waals surface area contributed by atoms with Crippen molar-refractivity contribution in [3.63, 3.8) is 0 Å². The molecule has 24 heavy (non-hydrogen) atoms. The summed E-state index contributed by atoms with van der Waals surface area (Å²) in [6.07, 6.45) is 1.66. The van der Waals surface area contributed by atoms with Gasteiger partial charge in [-0.1, -0.05) is 0 Å². The molecule has 0 aromatic carbocycles. The molecule has 1 saturated heterocycles. The molecule has 0 unspecified atom stereocenters. The molecule has 1 fully saturated rings. The SMILES string of the molecule is COC(=O)N1CCCN(C(=O)C(=O)Nc2cccnc2OC)CC1. The maximum Gasteiger partial charge on any atom is 0.409 e. The summed E-state index contributed by atoms with van der Waals surface area (Å²) in [6.45, 7) is 1.46. The average Bonchev–Trinajstić information content (AvgIpc) is 2.87. The number of rotatable bonds is 2. The fourth-order valence-electron chi connectivity index (χ4n) is 2.40. The molecule has 2 rings (SSSR count). The van der Waals surface area contributed by atoms with Gasteiger partial charge in [0.2, 0.25) is 5.88 Å². The number of aromatic nitrogens is 1. The summed E-state index contributed by atoms with van der Waals surface area (Å²) in [7, 11) is 2.74. The maximum absolute atomic E-state index is 12.3. The number of ether oxygens (including phenoxy) is 2. The molecule has 3 amide bonds. The first-order chi connectivity index (χ1) is 11.6. The van der Waals surface area contributed by atoms with Crippen molar-refractivity contribution in [3.8, 4) is 5.88 Å². The molecular weight excluding hydrogens is 316 g/mol. The van der Waals surface area contributed by atoms with Crippen LogP contribution in [0.25, 0.3) is 0 Å². The summed E-state index contributed by atoms with van der Waals surface area (Å²) in [5.41, 5.74) is 0.323. The fraction of sp³-hybridized carbons (Fsp3) is 0.467. The average molecular weight is 336 g/mol. The number of anilines is 1. The zero-order valence-electron chi connectivity index (χ0n) is 13.7. The van der Waals surface area contributed by atoms with Crippen LogP contribution in [0.5, 0.6) is 5.88 Å². The van der Waals surface area contributed by atoms with Gasteiger partial charge in [0.05, 0.1) is 14.2 Å². The van der Waals surface area contributed by atoms with Crippen LogP contribution >= 0.6 is 0 Å². The Morgan fingerprint density at radius 3 is 2.54 bits per heavy atom. The van der Waals surface area contributed by atoms with Crippen LogP contribution in [0.4, 0.5) is 10.5 Å². The molecule has 0 saturated carbocycles. The highest BCUT2D eigenvalue weighted by Gasteiger charge is 2.26. The standard InChI is InChI=1S/C15H20N4O5/c1-23-13-11(5-3-6-16-13)17-12(20)14(21)18-7-4-8-19(10-9-18)15(22)24-2/h3,5-6H,4,7-10H2,1-2H3,(H,17,20). The smallest absolute Gasteiger partial charge is 0.409 e. The number of hydrogen-bond donors (Lipinski definition) is 1. The van der Waals surface area contributed by atoms with Crippen molar-refractivity contribution in [2.45, 2.75) is 6.42 Å². The van der Waals surface area contributed by atoms with E-state index in [4.69, 9.17) is 4.74 Å². The molecule has 2 heterocycles. The predicted molar refractivity (Wildman–Crippen MR) is 84.6 cm³/mol. The van der Waals surface area contributed by atoms with Gasteiger partial charge in [0.1, 0.15) is 5.69 Å². The Kier molecular flexibility index (Phi) is 5.94. The van der Waals surface area contributed by atoms with Gasteiger partial charge in [0.15, 0.2) is 0 Å². The number of carbonyl (C=O) groups is 3. The second kappa shape index (κ2) is 8.14. The summed E-state index contributed by atoms with van der Waals surface area (Å²) in [6, 6.07) is 3.22. The molecule has 0 aliphatic carbocycles. The molecule has 9 heteroatoms. The zero-order chi connectivity index (χ0) is 17.5. The summed E-state index contributed by atoms with van der Waals surface area (Å²) in [5.74, 6) is -1.20. The minimum absolute atomic E-state index is 0.228. The molecule has 0 radical (unpaired) electrons. The Bertz CT molecular complexity index is 622. The van der Waals surface area contributed by atoms with Crippen LogP contribution in [-0.4, -0.2) is 73.1 Å². The topological polar surface area (TPSA) is 101 Å². The third-order valence-corrected chi connectivity index (χ3v) is 3.62. The molecule has 9 nitrogen and oxygen atoms in total. The molecule has 1 aliphatic heterocycles. The Hall–Kier alpha value is -2.84. The first-order valence-electron chi connectivity index (χ1n) is 7.49. The third-order valence-electron chi connectivity index (χ3n) is 3.62. The molecule has 1 aliphatic rings. The second-order valence-electron chi connectivity index (χ2n) is 5.12. The molecular formula is C15H20N4O5. The Balaban J connectivity index is 1.98. The predicted octanol–water partition coefficient (Wildman–Crippen LogP) is 0.329. The van der Waals surface area contributed by atoms with Crippen LogP contribution in [0.15, 0.2) is 18.3 Å². The van der Waals surface area contributed by atoms with E-state index in [9.17, 15) is 14.4 Å². The van der Waals surface area contributed by atoms with E-state index in [-0.39, 0.29) is 12.4 Å². The molecule has 0 bridgehead atoms. The van der Waals surface area contributed by atoms with Gasteiger partial charge >= 0.3 is 17.9 Å². The Morgan fingerprint density at radius 1 is 1.12 bits per heavy atom. The number of amides is 3. The Morgan fingerprint density at radius 2 is 1.83 bits per heavy atom. The highest BCUT2D eigenvalue weighted by molar-refractivity contribution is 6.39. The maximum atomic E-state index is 12.3. The largest absolute Gasteiger partial charge is 0.480 e. The summed E-state index contributed by atoms with van der Waals surface area (Å²) in [4.78, 5) is 42.9. The van der Waals surface area contributed by atoms with Crippen LogP contribution < -0.4 is 10.1 Å². The summed E-state index contributed by atoms with van der Waals surface area (Å²) < 4.78 is 9.71. The molecule has 0 spiro atoms. The first kappa shape index (κ1) is 17.5. The van der Waals surface area contributed by atoms with E-state index < -0.39 is 17.9 Å². The quantitative estimate of drug-likeness (QED) is 0.781. The minimum atomic E-state index is -0.771. The van der Waals surface area contributed by atoms with Crippen LogP contribution in [0.3, 0.4) is 0 Å². The number of pyridine rings is 1. The van der Waals surface area contributed by atoms with Gasteiger partial charge in [-0.25, -0.2) is 9.78 Å².